The van der Waals surface area contributed by atoms with E-state index >= 15 is 0 Å². The molecule has 3 amide bonds. The molecule has 2 aromatic rings. The molecule has 3 heterocycles. The van der Waals surface area contributed by atoms with Gasteiger partial charge in [0.2, 0.25) is 0 Å². The number of hydrogen-bond donors (Lipinski definition) is 2. The average molecular weight is 386 g/mol. The number of nitrogens with one attached hydrogen (secondary N) is 2. The van der Waals surface area contributed by atoms with Gasteiger partial charge in [-0.2, -0.15) is 0 Å². The van der Waals surface area contributed by atoms with Gasteiger partial charge in [0.05, 0.1) is 18.8 Å². The van der Waals surface area contributed by atoms with Gasteiger partial charge >= 0.3 is 12.1 Å². The number of ether oxygens (including phenoxy) is 1. The number of carbonyl (C=O) groups excluding carboxylic acids is 2. The van der Waals surface area contributed by atoms with Crippen LogP contribution in [0.3, 0.4) is 0 Å². The molecule has 4 rings (SSSR count). The molecule has 1 spiro atoms. The first-order valence-corrected chi connectivity index (χ1v) is 10.0. The molecule has 0 radical (unpaired) electrons. The van der Waals surface area contributed by atoms with Gasteiger partial charge in [0, 0.05) is 30.5 Å². The molecule has 27 heavy (non-hydrogen) atoms. The Morgan fingerprint density at radius 1 is 1.30 bits per heavy atom. The number of hydrogen-bond acceptors (Lipinski definition) is 5. The molecule has 0 saturated carbocycles. The summed E-state index contributed by atoms with van der Waals surface area (Å²) in [5, 5.41) is 8.61. The van der Waals surface area contributed by atoms with Crippen LogP contribution in [-0.2, 0) is 11.3 Å². The van der Waals surface area contributed by atoms with Crippen LogP contribution in [0.25, 0.3) is 10.6 Å². The van der Waals surface area contributed by atoms with Gasteiger partial charge in [-0.05, 0) is 12.8 Å². The normalized spacial score (nSPS) is 22.2. The Morgan fingerprint density at radius 2 is 2.15 bits per heavy atom. The van der Waals surface area contributed by atoms with Gasteiger partial charge in [-0.1, -0.05) is 30.3 Å². The van der Waals surface area contributed by atoms with Crippen molar-refractivity contribution in [2.75, 3.05) is 19.6 Å². The molecule has 2 N–H and O–H groups in total. The Kier molecular flexibility index (Phi) is 4.98. The summed E-state index contributed by atoms with van der Waals surface area (Å²) in [4.78, 5) is 30.3. The maximum Gasteiger partial charge on any atom is 0.407 e. The maximum atomic E-state index is 12.5. The number of urea groups is 1. The zero-order valence-electron chi connectivity index (χ0n) is 14.9. The smallest absolute Gasteiger partial charge is 0.407 e. The van der Waals surface area contributed by atoms with E-state index in [1.807, 2.05) is 35.7 Å². The third kappa shape index (κ3) is 4.05. The first-order chi connectivity index (χ1) is 13.1. The van der Waals surface area contributed by atoms with Gasteiger partial charge in [0.1, 0.15) is 10.6 Å². The Balaban J connectivity index is 1.31. The SMILES string of the molecule is O=C1NCC2(CCCN(C(=O)NCc3csc(-c4ccccc4)n3)CC2)O1. The summed E-state index contributed by atoms with van der Waals surface area (Å²) in [7, 11) is 0. The van der Waals surface area contributed by atoms with E-state index in [1.165, 1.54) is 0 Å². The highest BCUT2D eigenvalue weighted by Gasteiger charge is 2.41. The van der Waals surface area contributed by atoms with Crippen LogP contribution in [0.1, 0.15) is 25.0 Å². The molecule has 2 aliphatic rings. The zero-order valence-corrected chi connectivity index (χ0v) is 15.8. The first kappa shape index (κ1) is 17.8. The highest BCUT2D eigenvalue weighted by atomic mass is 32.1. The molecular formula is C19H22N4O3S. The van der Waals surface area contributed by atoms with E-state index in [0.717, 1.165) is 29.1 Å². The first-order valence-electron chi connectivity index (χ1n) is 9.13. The van der Waals surface area contributed by atoms with Crippen molar-refractivity contribution < 1.29 is 14.3 Å². The van der Waals surface area contributed by atoms with Crippen molar-refractivity contribution in [3.05, 3.63) is 41.4 Å². The largest absolute Gasteiger partial charge is 0.441 e. The number of alkyl carbamates (subject to hydrolysis) is 1. The fourth-order valence-electron chi connectivity index (χ4n) is 3.53. The molecular weight excluding hydrogens is 364 g/mol. The number of likely N-dealkylation sites (tertiary alicyclic amines) is 1. The second kappa shape index (κ2) is 7.56. The van der Waals surface area contributed by atoms with E-state index in [2.05, 4.69) is 15.6 Å². The van der Waals surface area contributed by atoms with E-state index in [9.17, 15) is 9.59 Å². The molecule has 1 unspecified atom stereocenters. The second-order valence-electron chi connectivity index (χ2n) is 6.94. The van der Waals surface area contributed by atoms with Gasteiger partial charge in [0.15, 0.2) is 0 Å². The summed E-state index contributed by atoms with van der Waals surface area (Å²) < 4.78 is 5.45. The summed E-state index contributed by atoms with van der Waals surface area (Å²) >= 11 is 1.57. The number of benzene rings is 1. The molecule has 142 valence electrons. The lowest BCUT2D eigenvalue weighted by Crippen LogP contribution is -2.41. The van der Waals surface area contributed by atoms with Crippen LogP contribution in [0.2, 0.25) is 0 Å². The molecule has 7 nitrogen and oxygen atoms in total. The lowest BCUT2D eigenvalue weighted by Gasteiger charge is -2.25. The molecule has 8 heteroatoms. The van der Waals surface area contributed by atoms with E-state index < -0.39 is 5.60 Å². The summed E-state index contributed by atoms with van der Waals surface area (Å²) in [6.07, 6.45) is 1.90. The lowest BCUT2D eigenvalue weighted by molar-refractivity contribution is 0.0453. The number of carbonyl (C=O) groups is 2. The highest BCUT2D eigenvalue weighted by Crippen LogP contribution is 2.29. The van der Waals surface area contributed by atoms with Crippen LogP contribution in [0.5, 0.6) is 0 Å². The van der Waals surface area contributed by atoms with Crippen LogP contribution >= 0.6 is 11.3 Å². The number of rotatable bonds is 3. The summed E-state index contributed by atoms with van der Waals surface area (Å²) in [5.41, 5.74) is 1.48. The summed E-state index contributed by atoms with van der Waals surface area (Å²) in [5.74, 6) is 0. The minimum absolute atomic E-state index is 0.0985. The summed E-state index contributed by atoms with van der Waals surface area (Å²) in [6, 6.07) is 9.91. The summed E-state index contributed by atoms with van der Waals surface area (Å²) in [6.45, 7) is 2.17. The van der Waals surface area contributed by atoms with E-state index in [4.69, 9.17) is 4.74 Å². The number of amides is 3. The van der Waals surface area contributed by atoms with Crippen LogP contribution in [-0.4, -0.2) is 47.2 Å². The fraction of sp³-hybridized carbons (Fsp3) is 0.421. The molecule has 1 atom stereocenters. The van der Waals surface area contributed by atoms with Gasteiger partial charge in [-0.25, -0.2) is 14.6 Å². The standard InChI is InChI=1S/C19H22N4O3S/c24-17(23-9-4-7-19(8-10-23)13-21-18(25)26-19)20-11-15-12-27-16(22-15)14-5-2-1-3-6-14/h1-3,5-6,12H,4,7-11,13H2,(H,20,24)(H,21,25). The molecule has 2 saturated heterocycles. The van der Waals surface area contributed by atoms with Crippen molar-refractivity contribution in [1.29, 1.82) is 0 Å². The van der Waals surface area contributed by atoms with Gasteiger partial charge < -0.3 is 20.3 Å². The van der Waals surface area contributed by atoms with E-state index in [-0.39, 0.29) is 12.1 Å². The van der Waals surface area contributed by atoms with Crippen molar-refractivity contribution >= 4 is 23.5 Å². The number of aromatic nitrogens is 1. The van der Waals surface area contributed by atoms with Crippen LogP contribution in [0.4, 0.5) is 9.59 Å². The topological polar surface area (TPSA) is 83.6 Å². The predicted octanol–water partition coefficient (Wildman–Crippen LogP) is 2.98. The predicted molar refractivity (Wildman–Crippen MR) is 102 cm³/mol. The number of nitrogens with zero attached hydrogens (tertiary/aromatic N) is 2. The molecule has 2 aliphatic heterocycles. The Labute approximate surface area is 161 Å². The van der Waals surface area contributed by atoms with Crippen LogP contribution in [0.15, 0.2) is 35.7 Å². The van der Waals surface area contributed by atoms with Crippen molar-refractivity contribution in [1.82, 2.24) is 20.5 Å². The van der Waals surface area contributed by atoms with E-state index in [1.54, 1.807) is 16.2 Å². The van der Waals surface area contributed by atoms with Gasteiger partial charge in [-0.3, -0.25) is 0 Å². The average Bonchev–Trinajstić information content (AvgIpc) is 3.24. The fourth-order valence-corrected chi connectivity index (χ4v) is 4.36. The molecule has 1 aromatic heterocycles. The Morgan fingerprint density at radius 3 is 2.93 bits per heavy atom. The minimum Gasteiger partial charge on any atom is -0.441 e. The minimum atomic E-state index is -0.453. The highest BCUT2D eigenvalue weighted by molar-refractivity contribution is 7.13. The quantitative estimate of drug-likeness (QED) is 0.849. The Bertz CT molecular complexity index is 825. The zero-order chi connectivity index (χ0) is 18.7. The van der Waals surface area contributed by atoms with Gasteiger partial charge in [0.25, 0.3) is 0 Å². The molecule has 1 aromatic carbocycles. The third-order valence-corrected chi connectivity index (χ3v) is 5.98. The van der Waals surface area contributed by atoms with Gasteiger partial charge in [-0.15, -0.1) is 11.3 Å². The van der Waals surface area contributed by atoms with E-state index in [0.29, 0.717) is 32.6 Å². The lowest BCUT2D eigenvalue weighted by atomic mass is 9.95. The van der Waals surface area contributed by atoms with Crippen molar-refractivity contribution in [2.24, 2.45) is 0 Å². The molecule has 0 aliphatic carbocycles. The second-order valence-corrected chi connectivity index (χ2v) is 7.79. The monoisotopic (exact) mass is 386 g/mol. The Hall–Kier alpha value is -2.61. The van der Waals surface area contributed by atoms with Crippen molar-refractivity contribution in [3.8, 4) is 10.6 Å². The number of thiazole rings is 1. The van der Waals surface area contributed by atoms with Crippen LogP contribution < -0.4 is 10.6 Å². The molecule has 2 fully saturated rings. The molecule has 0 bridgehead atoms. The maximum absolute atomic E-state index is 12.5. The third-order valence-electron chi connectivity index (χ3n) is 5.04. The van der Waals surface area contributed by atoms with Crippen molar-refractivity contribution in [2.45, 2.75) is 31.4 Å². The van der Waals surface area contributed by atoms with Crippen LogP contribution in [0, 0.1) is 0 Å². The van der Waals surface area contributed by atoms with Crippen molar-refractivity contribution in [3.63, 3.8) is 0 Å².